The highest BCUT2D eigenvalue weighted by Gasteiger charge is 2.35. The zero-order valence-electron chi connectivity index (χ0n) is 9.75. The van der Waals surface area contributed by atoms with Gasteiger partial charge < -0.3 is 14.6 Å². The van der Waals surface area contributed by atoms with Gasteiger partial charge in [0, 0.05) is 0 Å². The van der Waals surface area contributed by atoms with Crippen LogP contribution in [0.2, 0.25) is 0 Å². The normalized spacial score (nSPS) is 16.5. The predicted octanol–water partition coefficient (Wildman–Crippen LogP) is 2.40. The topological polar surface area (TPSA) is 38.7 Å². The summed E-state index contributed by atoms with van der Waals surface area (Å²) in [4.78, 5) is 0. The molecule has 1 aromatic carbocycles. The summed E-state index contributed by atoms with van der Waals surface area (Å²) >= 11 is 0. The third-order valence-electron chi connectivity index (χ3n) is 2.59. The molecule has 2 rings (SSSR count). The van der Waals surface area contributed by atoms with Crippen LogP contribution in [0.25, 0.3) is 0 Å². The molecule has 0 saturated heterocycles. The molecule has 1 aromatic rings. The Balaban J connectivity index is 2.47. The number of fused-ring (bicyclic) bond motifs is 1. The van der Waals surface area contributed by atoms with Gasteiger partial charge in [-0.15, -0.1) is 0 Å². The molecule has 1 aliphatic rings. The molecule has 0 aromatic heterocycles. The van der Waals surface area contributed by atoms with Gasteiger partial charge in [0.1, 0.15) is 13.2 Å². The molecule has 100 valence electrons. The zero-order valence-corrected chi connectivity index (χ0v) is 9.75. The summed E-state index contributed by atoms with van der Waals surface area (Å²) in [5, 5.41) is 9.26. The first kappa shape index (κ1) is 13.0. The molecular formula is C12H13F3O3. The fourth-order valence-corrected chi connectivity index (χ4v) is 1.88. The van der Waals surface area contributed by atoms with Crippen LogP contribution in [0.4, 0.5) is 13.2 Å². The first-order valence-electron chi connectivity index (χ1n) is 5.55. The van der Waals surface area contributed by atoms with E-state index in [0.717, 1.165) is 6.07 Å². The largest absolute Gasteiger partial charge is 0.486 e. The Morgan fingerprint density at radius 2 is 1.78 bits per heavy atom. The molecule has 0 amide bonds. The number of rotatable bonds is 2. The highest BCUT2D eigenvalue weighted by atomic mass is 19.4. The van der Waals surface area contributed by atoms with Crippen molar-refractivity contribution in [3.8, 4) is 11.5 Å². The lowest BCUT2D eigenvalue weighted by molar-refractivity contribution is -0.138. The molecule has 18 heavy (non-hydrogen) atoms. The van der Waals surface area contributed by atoms with E-state index >= 15 is 0 Å². The van der Waals surface area contributed by atoms with E-state index in [4.69, 9.17) is 9.47 Å². The molecule has 0 aliphatic carbocycles. The number of alkyl halides is 3. The molecule has 1 aliphatic heterocycles. The SMILES string of the molecule is CC(O)Cc1cc2c(cc1C(F)(F)F)OCCO2. The van der Waals surface area contributed by atoms with Crippen molar-refractivity contribution in [3.05, 3.63) is 23.3 Å². The van der Waals surface area contributed by atoms with Gasteiger partial charge in [-0.25, -0.2) is 0 Å². The minimum Gasteiger partial charge on any atom is -0.486 e. The molecule has 0 saturated carbocycles. The smallest absolute Gasteiger partial charge is 0.416 e. The minimum atomic E-state index is -4.47. The van der Waals surface area contributed by atoms with Crippen LogP contribution >= 0.6 is 0 Å². The van der Waals surface area contributed by atoms with Crippen molar-refractivity contribution in [1.82, 2.24) is 0 Å². The lowest BCUT2D eigenvalue weighted by atomic mass is 10.0. The van der Waals surface area contributed by atoms with Crippen molar-refractivity contribution >= 4 is 0 Å². The molecule has 1 atom stereocenters. The van der Waals surface area contributed by atoms with Crippen molar-refractivity contribution in [1.29, 1.82) is 0 Å². The van der Waals surface area contributed by atoms with Crippen LogP contribution in [0.3, 0.4) is 0 Å². The fraction of sp³-hybridized carbons (Fsp3) is 0.500. The van der Waals surface area contributed by atoms with Crippen LogP contribution in [-0.2, 0) is 12.6 Å². The minimum absolute atomic E-state index is 0.0155. The van der Waals surface area contributed by atoms with Gasteiger partial charge in [0.05, 0.1) is 11.7 Å². The van der Waals surface area contributed by atoms with Crippen molar-refractivity contribution in [2.24, 2.45) is 0 Å². The Morgan fingerprint density at radius 1 is 1.22 bits per heavy atom. The van der Waals surface area contributed by atoms with E-state index in [-0.39, 0.29) is 24.3 Å². The molecule has 0 fully saturated rings. The van der Waals surface area contributed by atoms with Crippen LogP contribution in [0.1, 0.15) is 18.1 Å². The lowest BCUT2D eigenvalue weighted by Crippen LogP contribution is -2.19. The summed E-state index contributed by atoms with van der Waals surface area (Å²) in [6.07, 6.45) is -5.40. The second-order valence-electron chi connectivity index (χ2n) is 4.20. The molecule has 6 heteroatoms. The van der Waals surface area contributed by atoms with Crippen molar-refractivity contribution in [2.45, 2.75) is 25.6 Å². The molecule has 0 bridgehead atoms. The molecule has 3 nitrogen and oxygen atoms in total. The first-order valence-corrected chi connectivity index (χ1v) is 5.55. The summed E-state index contributed by atoms with van der Waals surface area (Å²) in [5.41, 5.74) is -0.769. The molecule has 1 N–H and O–H groups in total. The number of hydrogen-bond acceptors (Lipinski definition) is 3. The molecule has 1 unspecified atom stereocenters. The van der Waals surface area contributed by atoms with E-state index in [0.29, 0.717) is 12.4 Å². The fourth-order valence-electron chi connectivity index (χ4n) is 1.88. The number of benzene rings is 1. The quantitative estimate of drug-likeness (QED) is 0.889. The average Bonchev–Trinajstić information content (AvgIpc) is 2.26. The molecular weight excluding hydrogens is 249 g/mol. The Labute approximate surface area is 102 Å². The van der Waals surface area contributed by atoms with Crippen LogP contribution in [-0.4, -0.2) is 24.4 Å². The second-order valence-corrected chi connectivity index (χ2v) is 4.20. The number of aliphatic hydroxyl groups excluding tert-OH is 1. The Hall–Kier alpha value is -1.43. The summed E-state index contributed by atoms with van der Waals surface area (Å²) < 4.78 is 49.0. The van der Waals surface area contributed by atoms with Gasteiger partial charge >= 0.3 is 6.18 Å². The predicted molar refractivity (Wildman–Crippen MR) is 57.8 cm³/mol. The second kappa shape index (κ2) is 4.68. The van der Waals surface area contributed by atoms with E-state index < -0.39 is 17.8 Å². The van der Waals surface area contributed by atoms with E-state index in [1.807, 2.05) is 0 Å². The first-order chi connectivity index (χ1) is 8.38. The summed E-state index contributed by atoms with van der Waals surface area (Å²) in [7, 11) is 0. The maximum atomic E-state index is 12.9. The Bertz CT molecular complexity index is 441. The van der Waals surface area contributed by atoms with Crippen molar-refractivity contribution < 1.29 is 27.8 Å². The van der Waals surface area contributed by atoms with E-state index in [1.54, 1.807) is 0 Å². The summed E-state index contributed by atoms with van der Waals surface area (Å²) in [6, 6.07) is 2.23. The maximum absolute atomic E-state index is 12.9. The number of halogens is 3. The molecule has 0 spiro atoms. The van der Waals surface area contributed by atoms with E-state index in [9.17, 15) is 18.3 Å². The molecule has 0 radical (unpaired) electrons. The zero-order chi connectivity index (χ0) is 13.3. The number of hydrogen-bond donors (Lipinski definition) is 1. The van der Waals surface area contributed by atoms with Gasteiger partial charge in [-0.3, -0.25) is 0 Å². The van der Waals surface area contributed by atoms with E-state index in [2.05, 4.69) is 0 Å². The maximum Gasteiger partial charge on any atom is 0.416 e. The summed E-state index contributed by atoms with van der Waals surface area (Å²) in [5.74, 6) is 0.396. The van der Waals surface area contributed by atoms with Gasteiger partial charge in [-0.2, -0.15) is 13.2 Å². The van der Waals surface area contributed by atoms with Gasteiger partial charge in [0.2, 0.25) is 0 Å². The number of aliphatic hydroxyl groups is 1. The molecule has 1 heterocycles. The van der Waals surface area contributed by atoms with Crippen LogP contribution in [0.5, 0.6) is 11.5 Å². The van der Waals surface area contributed by atoms with E-state index in [1.165, 1.54) is 13.0 Å². The standard InChI is InChI=1S/C12H13F3O3/c1-7(16)4-8-5-10-11(18-3-2-17-10)6-9(8)12(13,14)15/h5-7,16H,2-4H2,1H3. The van der Waals surface area contributed by atoms with Gasteiger partial charge in [0.15, 0.2) is 11.5 Å². The third-order valence-corrected chi connectivity index (χ3v) is 2.59. The monoisotopic (exact) mass is 262 g/mol. The highest BCUT2D eigenvalue weighted by molar-refractivity contribution is 5.49. The summed E-state index contributed by atoms with van der Waals surface area (Å²) in [6.45, 7) is 1.99. The van der Waals surface area contributed by atoms with Crippen LogP contribution in [0, 0.1) is 0 Å². The Morgan fingerprint density at radius 3 is 2.28 bits per heavy atom. The lowest BCUT2D eigenvalue weighted by Gasteiger charge is -2.22. The highest BCUT2D eigenvalue weighted by Crippen LogP contribution is 2.40. The van der Waals surface area contributed by atoms with Gasteiger partial charge in [-0.1, -0.05) is 0 Å². The third kappa shape index (κ3) is 2.69. The average molecular weight is 262 g/mol. The van der Waals surface area contributed by atoms with Gasteiger partial charge in [-0.05, 0) is 31.0 Å². The number of ether oxygens (including phenoxy) is 2. The van der Waals surface area contributed by atoms with Crippen molar-refractivity contribution in [2.75, 3.05) is 13.2 Å². The Kier molecular flexibility index (Phi) is 3.38. The van der Waals surface area contributed by atoms with Gasteiger partial charge in [0.25, 0.3) is 0 Å². The van der Waals surface area contributed by atoms with Crippen LogP contribution in [0.15, 0.2) is 12.1 Å². The van der Waals surface area contributed by atoms with Crippen LogP contribution < -0.4 is 9.47 Å². The van der Waals surface area contributed by atoms with Crippen molar-refractivity contribution in [3.63, 3.8) is 0 Å².